The summed E-state index contributed by atoms with van der Waals surface area (Å²) in [6.07, 6.45) is -0.382. The monoisotopic (exact) mass is 440 g/mol. The molecule has 0 bridgehead atoms. The molecular weight excluding hydrogens is 416 g/mol. The molecular formula is C28H24O5. The van der Waals surface area contributed by atoms with E-state index in [0.29, 0.717) is 0 Å². The summed E-state index contributed by atoms with van der Waals surface area (Å²) in [5, 5.41) is 0. The third kappa shape index (κ3) is 2.96. The van der Waals surface area contributed by atoms with E-state index in [1.54, 1.807) is 0 Å². The van der Waals surface area contributed by atoms with E-state index in [0.717, 1.165) is 27.8 Å². The van der Waals surface area contributed by atoms with Gasteiger partial charge in [0.25, 0.3) is 0 Å². The fourth-order valence-electron chi connectivity index (χ4n) is 5.23. The van der Waals surface area contributed by atoms with Gasteiger partial charge >= 0.3 is 11.9 Å². The molecule has 2 aliphatic rings. The van der Waals surface area contributed by atoms with Crippen LogP contribution in [0.4, 0.5) is 0 Å². The number of ether oxygens (including phenoxy) is 3. The quantitative estimate of drug-likeness (QED) is 0.420. The highest BCUT2D eigenvalue weighted by molar-refractivity contribution is 6.25. The highest BCUT2D eigenvalue weighted by Crippen LogP contribution is 2.73. The maximum absolute atomic E-state index is 13.5. The Hall–Kier alpha value is -3.70. The molecule has 0 saturated carbocycles. The van der Waals surface area contributed by atoms with E-state index in [4.69, 9.17) is 14.2 Å². The number of benzene rings is 3. The van der Waals surface area contributed by atoms with Crippen molar-refractivity contribution < 1.29 is 23.8 Å². The normalized spacial score (nSPS) is 19.9. The van der Waals surface area contributed by atoms with Crippen molar-refractivity contribution in [2.24, 2.45) is 5.41 Å². The molecule has 0 aromatic heterocycles. The Bertz CT molecular complexity index is 1150. The zero-order valence-electron chi connectivity index (χ0n) is 18.5. The topological polar surface area (TPSA) is 61.8 Å². The first kappa shape index (κ1) is 21.2. The molecule has 5 nitrogen and oxygen atoms in total. The van der Waals surface area contributed by atoms with Gasteiger partial charge in [-0.2, -0.15) is 0 Å². The molecule has 1 saturated heterocycles. The van der Waals surface area contributed by atoms with Crippen molar-refractivity contribution in [3.05, 3.63) is 108 Å². The maximum atomic E-state index is 13.5. The second-order valence-electron chi connectivity index (χ2n) is 8.27. The first-order chi connectivity index (χ1) is 16.1. The lowest BCUT2D eigenvalue weighted by Crippen LogP contribution is -2.51. The van der Waals surface area contributed by atoms with Crippen LogP contribution in [0.25, 0.3) is 11.1 Å². The average molecular weight is 440 g/mol. The molecule has 33 heavy (non-hydrogen) atoms. The van der Waals surface area contributed by atoms with Crippen molar-refractivity contribution >= 4 is 23.1 Å². The van der Waals surface area contributed by atoms with Gasteiger partial charge in [0, 0.05) is 17.6 Å². The molecule has 5 rings (SSSR count). The number of hydrogen-bond donors (Lipinski definition) is 0. The lowest BCUT2D eigenvalue weighted by atomic mass is 9.72. The highest BCUT2D eigenvalue weighted by atomic mass is 16.6. The van der Waals surface area contributed by atoms with E-state index < -0.39 is 29.1 Å². The number of rotatable bonds is 5. The summed E-state index contributed by atoms with van der Waals surface area (Å²) in [5.41, 5.74) is 1.32. The summed E-state index contributed by atoms with van der Waals surface area (Å²) in [7, 11) is 2.59. The van der Waals surface area contributed by atoms with Crippen molar-refractivity contribution in [3.63, 3.8) is 0 Å². The van der Waals surface area contributed by atoms with Crippen LogP contribution in [0.1, 0.15) is 29.2 Å². The Balaban J connectivity index is 1.76. The van der Waals surface area contributed by atoms with Crippen molar-refractivity contribution in [2.75, 3.05) is 14.2 Å². The zero-order chi connectivity index (χ0) is 23.1. The van der Waals surface area contributed by atoms with Crippen LogP contribution in [0.15, 0.2) is 91.0 Å². The number of carbonyl (C=O) groups excluding carboxylic acids is 2. The molecule has 1 aliphatic carbocycles. The highest BCUT2D eigenvalue weighted by Gasteiger charge is 2.80. The van der Waals surface area contributed by atoms with Gasteiger partial charge < -0.3 is 14.2 Å². The number of carbonyl (C=O) groups is 2. The smallest absolute Gasteiger partial charge is 0.327 e. The molecule has 1 fully saturated rings. The van der Waals surface area contributed by atoms with Crippen LogP contribution < -0.4 is 0 Å². The summed E-state index contributed by atoms with van der Waals surface area (Å²) < 4.78 is 17.3. The Morgan fingerprint density at radius 1 is 0.727 bits per heavy atom. The van der Waals surface area contributed by atoms with Gasteiger partial charge in [-0.1, -0.05) is 91.0 Å². The Kier molecular flexibility index (Phi) is 5.14. The Labute approximate surface area is 192 Å². The van der Waals surface area contributed by atoms with Crippen LogP contribution in [0.5, 0.6) is 0 Å². The van der Waals surface area contributed by atoms with Gasteiger partial charge in [0.2, 0.25) is 5.41 Å². The summed E-state index contributed by atoms with van der Waals surface area (Å²) >= 11 is 0. The van der Waals surface area contributed by atoms with E-state index >= 15 is 0 Å². The Morgan fingerprint density at radius 3 is 1.58 bits per heavy atom. The average Bonchev–Trinajstić information content (AvgIpc) is 3.42. The van der Waals surface area contributed by atoms with Crippen molar-refractivity contribution in [1.82, 2.24) is 0 Å². The minimum atomic E-state index is -1.67. The van der Waals surface area contributed by atoms with E-state index in [1.807, 2.05) is 91.0 Å². The number of methoxy groups -OCH3 is 2. The van der Waals surface area contributed by atoms with Gasteiger partial charge in [-0.3, -0.25) is 9.59 Å². The molecule has 1 spiro atoms. The molecule has 0 radical (unpaired) electrons. The van der Waals surface area contributed by atoms with Gasteiger partial charge in [0.05, 0.1) is 20.3 Å². The fourth-order valence-corrected chi connectivity index (χ4v) is 5.23. The minimum absolute atomic E-state index is 0.114. The van der Waals surface area contributed by atoms with Crippen LogP contribution in [0.2, 0.25) is 0 Å². The number of esters is 2. The summed E-state index contributed by atoms with van der Waals surface area (Å²) in [5.74, 6) is -1.32. The fraction of sp³-hybridized carbons (Fsp3) is 0.214. The summed E-state index contributed by atoms with van der Waals surface area (Å²) in [6, 6.07) is 29.1. The predicted molar refractivity (Wildman–Crippen MR) is 124 cm³/mol. The van der Waals surface area contributed by atoms with Gasteiger partial charge in [0.1, 0.15) is 5.60 Å². The van der Waals surface area contributed by atoms with E-state index in [-0.39, 0.29) is 6.42 Å². The van der Waals surface area contributed by atoms with Crippen LogP contribution in [0.3, 0.4) is 0 Å². The minimum Gasteiger partial charge on any atom is -0.468 e. The lowest BCUT2D eigenvalue weighted by molar-refractivity contribution is -0.173. The largest absolute Gasteiger partial charge is 0.468 e. The van der Waals surface area contributed by atoms with E-state index in [2.05, 4.69) is 0 Å². The molecule has 166 valence electrons. The van der Waals surface area contributed by atoms with E-state index in [1.165, 1.54) is 14.2 Å². The van der Waals surface area contributed by atoms with Gasteiger partial charge in [-0.05, 0) is 16.7 Å². The van der Waals surface area contributed by atoms with Crippen LogP contribution in [-0.2, 0) is 23.8 Å². The standard InChI is InChI=1S/C28H24O5/c1-31-25(29)27(26(30)32-2)18-22(19-12-6-3-7-13-19)33-28(27)23(20-14-8-4-9-15-20)24(28)21-16-10-5-11-17-21/h3-17,22H,18H2,1-2H3/t22-/m1/s1. The van der Waals surface area contributed by atoms with Crippen LogP contribution in [0, 0.1) is 5.41 Å². The number of hydrogen-bond acceptors (Lipinski definition) is 5. The SMILES string of the molecule is COC(=O)C1(C(=O)OC)C[C@H](c2ccccc2)OC12C(c1ccccc1)=C2c1ccccc1. The van der Waals surface area contributed by atoms with Gasteiger partial charge in [0.15, 0.2) is 0 Å². The molecule has 0 unspecified atom stereocenters. The molecule has 1 aliphatic heterocycles. The first-order valence-electron chi connectivity index (χ1n) is 10.9. The third-order valence-corrected chi connectivity index (χ3v) is 6.67. The predicted octanol–water partition coefficient (Wildman–Crippen LogP) is 4.84. The second kappa shape index (κ2) is 8.01. The van der Waals surface area contributed by atoms with Crippen molar-refractivity contribution in [3.8, 4) is 0 Å². The van der Waals surface area contributed by atoms with Crippen LogP contribution >= 0.6 is 0 Å². The lowest BCUT2D eigenvalue weighted by Gasteiger charge is -2.31. The van der Waals surface area contributed by atoms with Gasteiger partial charge in [-0.25, -0.2) is 0 Å². The zero-order valence-corrected chi connectivity index (χ0v) is 18.5. The first-order valence-corrected chi connectivity index (χ1v) is 10.9. The molecule has 1 heterocycles. The molecule has 0 N–H and O–H groups in total. The van der Waals surface area contributed by atoms with E-state index in [9.17, 15) is 9.59 Å². The van der Waals surface area contributed by atoms with Gasteiger partial charge in [-0.15, -0.1) is 0 Å². The third-order valence-electron chi connectivity index (χ3n) is 6.67. The molecule has 1 atom stereocenters. The maximum Gasteiger partial charge on any atom is 0.327 e. The molecule has 3 aromatic rings. The molecule has 3 aromatic carbocycles. The molecule has 5 heteroatoms. The second-order valence-corrected chi connectivity index (χ2v) is 8.27. The molecule has 0 amide bonds. The van der Waals surface area contributed by atoms with Crippen molar-refractivity contribution in [1.29, 1.82) is 0 Å². The van der Waals surface area contributed by atoms with Crippen LogP contribution in [-0.4, -0.2) is 31.8 Å². The summed E-state index contributed by atoms with van der Waals surface area (Å²) in [4.78, 5) is 27.0. The van der Waals surface area contributed by atoms with Crippen molar-refractivity contribution in [2.45, 2.75) is 18.1 Å². The summed E-state index contributed by atoms with van der Waals surface area (Å²) in [6.45, 7) is 0. The Morgan fingerprint density at radius 2 is 1.15 bits per heavy atom.